The third-order valence-electron chi connectivity index (χ3n) is 5.99. The molecule has 37 heavy (non-hydrogen) atoms. The van der Waals surface area contributed by atoms with Crippen molar-refractivity contribution in [3.8, 4) is 5.75 Å². The molecule has 2 rings (SSSR count). The first-order valence-electron chi connectivity index (χ1n) is 13.2. The quantitative estimate of drug-likeness (QED) is 0.173. The van der Waals surface area contributed by atoms with Gasteiger partial charge in [-0.05, 0) is 87.9 Å². The second-order valence-corrected chi connectivity index (χ2v) is 11.4. The summed E-state index contributed by atoms with van der Waals surface area (Å²) in [5.41, 5.74) is 2.11. The first-order chi connectivity index (χ1) is 17.7. The summed E-state index contributed by atoms with van der Waals surface area (Å²) < 4.78 is 33.0. The van der Waals surface area contributed by atoms with E-state index in [1.54, 1.807) is 30.3 Å². The predicted molar refractivity (Wildman–Crippen MR) is 146 cm³/mol. The van der Waals surface area contributed by atoms with Crippen molar-refractivity contribution in [1.82, 2.24) is 10.0 Å². The summed E-state index contributed by atoms with van der Waals surface area (Å²) in [5.74, 6) is 0.0334. The molecule has 208 valence electrons. The fourth-order valence-corrected chi connectivity index (χ4v) is 5.31. The molecule has 2 aromatic carbocycles. The molecule has 0 aromatic heterocycles. The lowest BCUT2D eigenvalue weighted by Crippen LogP contribution is -2.30. The van der Waals surface area contributed by atoms with Crippen molar-refractivity contribution in [3.63, 3.8) is 0 Å². The van der Waals surface area contributed by atoms with Crippen molar-refractivity contribution in [2.45, 2.75) is 82.4 Å². The molecule has 0 amide bonds. The molecule has 0 fully saturated rings. The average Bonchev–Trinajstić information content (AvgIpc) is 2.86. The first-order valence-corrected chi connectivity index (χ1v) is 14.7. The molecule has 0 aliphatic rings. The van der Waals surface area contributed by atoms with Crippen LogP contribution < -0.4 is 10.0 Å². The van der Waals surface area contributed by atoms with Crippen molar-refractivity contribution in [2.24, 2.45) is 0 Å². The van der Waals surface area contributed by atoms with Gasteiger partial charge in [0.2, 0.25) is 10.0 Å². The van der Waals surface area contributed by atoms with E-state index >= 15 is 0 Å². The Morgan fingerprint density at radius 2 is 1.68 bits per heavy atom. The summed E-state index contributed by atoms with van der Waals surface area (Å²) in [6, 6.07) is 11.8. The van der Waals surface area contributed by atoms with Gasteiger partial charge in [-0.25, -0.2) is 13.1 Å². The second kappa shape index (κ2) is 16.8. The number of unbranched alkanes of at least 4 members (excludes halogenated alkanes) is 4. The minimum Gasteiger partial charge on any atom is -0.508 e. The molecule has 0 bridgehead atoms. The third-order valence-corrected chi connectivity index (χ3v) is 7.65. The van der Waals surface area contributed by atoms with Crippen LogP contribution >= 0.6 is 0 Å². The molecule has 0 saturated heterocycles. The van der Waals surface area contributed by atoms with Gasteiger partial charge in [0.25, 0.3) is 0 Å². The Balaban J connectivity index is 1.47. The molecule has 9 heteroatoms. The zero-order valence-corrected chi connectivity index (χ0v) is 23.0. The van der Waals surface area contributed by atoms with E-state index in [-0.39, 0.29) is 18.4 Å². The van der Waals surface area contributed by atoms with E-state index in [0.29, 0.717) is 29.2 Å². The summed E-state index contributed by atoms with van der Waals surface area (Å²) in [5, 5.41) is 32.3. The molecule has 0 unspecified atom stereocenters. The average molecular weight is 537 g/mol. The number of aliphatic hydroxyl groups excluding tert-OH is 2. The van der Waals surface area contributed by atoms with Crippen molar-refractivity contribution < 1.29 is 28.5 Å². The molecule has 0 radical (unpaired) electrons. The molecule has 8 nitrogen and oxygen atoms in total. The van der Waals surface area contributed by atoms with Gasteiger partial charge >= 0.3 is 0 Å². The fourth-order valence-electron chi connectivity index (χ4n) is 3.99. The van der Waals surface area contributed by atoms with Gasteiger partial charge in [-0.1, -0.05) is 31.0 Å². The number of nitrogens with one attached hydrogen (secondary N) is 2. The van der Waals surface area contributed by atoms with Gasteiger partial charge in [-0.2, -0.15) is 0 Å². The highest BCUT2D eigenvalue weighted by molar-refractivity contribution is 7.89. The molecule has 0 aliphatic carbocycles. The maximum absolute atomic E-state index is 12.3. The minimum atomic E-state index is -3.46. The lowest BCUT2D eigenvalue weighted by atomic mass is 10.1. The number of ether oxygens (including phenoxy) is 1. The molecule has 1 atom stereocenters. The highest BCUT2D eigenvalue weighted by Gasteiger charge is 2.15. The highest BCUT2D eigenvalue weighted by Crippen LogP contribution is 2.22. The van der Waals surface area contributed by atoms with E-state index in [1.807, 2.05) is 19.9 Å². The predicted octanol–water partition coefficient (Wildman–Crippen LogP) is 3.79. The third kappa shape index (κ3) is 11.9. The van der Waals surface area contributed by atoms with E-state index in [2.05, 4.69) is 10.0 Å². The minimum absolute atomic E-state index is 0.0334. The van der Waals surface area contributed by atoms with Gasteiger partial charge < -0.3 is 25.4 Å². The van der Waals surface area contributed by atoms with Crippen LogP contribution in [0.5, 0.6) is 5.75 Å². The number of aryl methyl sites for hydroxylation is 1. The first kappa shape index (κ1) is 31.2. The van der Waals surface area contributed by atoms with E-state index in [1.165, 1.54) is 6.07 Å². The van der Waals surface area contributed by atoms with Crippen LogP contribution in [0.4, 0.5) is 0 Å². The number of sulfonamides is 1. The van der Waals surface area contributed by atoms with E-state index in [4.69, 9.17) is 4.74 Å². The SMILES string of the molecule is CC(C)NS(=O)(=O)c1cccc(CCCCOCCCCCCNC[C@H](O)c2ccc(O)c(CO)c2)c1. The Kier molecular flexibility index (Phi) is 14.1. The Hall–Kier alpha value is -2.01. The van der Waals surface area contributed by atoms with E-state index in [9.17, 15) is 23.7 Å². The van der Waals surface area contributed by atoms with Crippen LogP contribution in [0, 0.1) is 0 Å². The number of aromatic hydroxyl groups is 1. The summed E-state index contributed by atoms with van der Waals surface area (Å²) in [6.45, 7) is 6.05. The summed E-state index contributed by atoms with van der Waals surface area (Å²) in [7, 11) is -3.46. The number of phenols is 1. The van der Waals surface area contributed by atoms with Crippen LogP contribution in [-0.4, -0.2) is 56.1 Å². The second-order valence-electron chi connectivity index (χ2n) is 9.67. The van der Waals surface area contributed by atoms with Crippen LogP contribution in [0.25, 0.3) is 0 Å². The van der Waals surface area contributed by atoms with Gasteiger partial charge in [-0.3, -0.25) is 0 Å². The molecular weight excluding hydrogens is 492 g/mol. The fraction of sp³-hybridized carbons (Fsp3) is 0.571. The van der Waals surface area contributed by atoms with Crippen LogP contribution in [-0.2, 0) is 27.8 Å². The lowest BCUT2D eigenvalue weighted by Gasteiger charge is -2.14. The lowest BCUT2D eigenvalue weighted by molar-refractivity contribution is 0.126. The van der Waals surface area contributed by atoms with Crippen LogP contribution in [0.3, 0.4) is 0 Å². The van der Waals surface area contributed by atoms with Gasteiger partial charge in [-0.15, -0.1) is 0 Å². The Morgan fingerprint density at radius 3 is 2.41 bits per heavy atom. The normalized spacial score (nSPS) is 12.8. The molecule has 0 spiro atoms. The number of hydrogen-bond donors (Lipinski definition) is 5. The van der Waals surface area contributed by atoms with E-state index < -0.39 is 16.1 Å². The Bertz CT molecular complexity index is 1030. The zero-order valence-electron chi connectivity index (χ0n) is 22.2. The maximum atomic E-state index is 12.3. The Morgan fingerprint density at radius 1 is 0.946 bits per heavy atom. The standard InChI is InChI=1S/C28H44N2O6S/c1-22(2)30-37(34,35)26-12-9-11-23(18-26)10-5-8-17-36-16-7-4-3-6-15-29-20-28(33)24-13-14-27(32)25(19-24)21-31/h9,11-14,18-19,22,28-33H,3-8,10,15-17,20-21H2,1-2H3/t28-/m0/s1. The number of hydrogen-bond acceptors (Lipinski definition) is 7. The highest BCUT2D eigenvalue weighted by atomic mass is 32.2. The van der Waals surface area contributed by atoms with Gasteiger partial charge in [0.15, 0.2) is 0 Å². The molecule has 5 N–H and O–H groups in total. The molecule has 2 aromatic rings. The molecular formula is C28H44N2O6S. The van der Waals surface area contributed by atoms with Crippen molar-refractivity contribution in [1.29, 1.82) is 0 Å². The van der Waals surface area contributed by atoms with Crippen LogP contribution in [0.2, 0.25) is 0 Å². The molecule has 0 aliphatic heterocycles. The van der Waals surface area contributed by atoms with Crippen molar-refractivity contribution in [3.05, 3.63) is 59.2 Å². The summed E-state index contributed by atoms with van der Waals surface area (Å²) in [6.07, 6.45) is 6.25. The number of aliphatic hydroxyl groups is 2. The number of rotatable bonds is 19. The zero-order chi connectivity index (χ0) is 27.1. The van der Waals surface area contributed by atoms with Crippen LogP contribution in [0.1, 0.15) is 75.2 Å². The van der Waals surface area contributed by atoms with Crippen molar-refractivity contribution in [2.75, 3.05) is 26.3 Å². The van der Waals surface area contributed by atoms with Gasteiger partial charge in [0.1, 0.15) is 5.75 Å². The van der Waals surface area contributed by atoms with Crippen molar-refractivity contribution >= 4 is 10.0 Å². The van der Waals surface area contributed by atoms with Gasteiger partial charge in [0.05, 0.1) is 17.6 Å². The smallest absolute Gasteiger partial charge is 0.240 e. The largest absolute Gasteiger partial charge is 0.508 e. The van der Waals surface area contributed by atoms with E-state index in [0.717, 1.165) is 63.7 Å². The summed E-state index contributed by atoms with van der Waals surface area (Å²) >= 11 is 0. The molecule has 0 heterocycles. The topological polar surface area (TPSA) is 128 Å². The number of benzene rings is 2. The van der Waals surface area contributed by atoms with Gasteiger partial charge in [0, 0.05) is 31.4 Å². The monoisotopic (exact) mass is 536 g/mol. The Labute approximate surface area is 222 Å². The van der Waals surface area contributed by atoms with Crippen LogP contribution in [0.15, 0.2) is 47.4 Å². The molecule has 0 saturated carbocycles. The summed E-state index contributed by atoms with van der Waals surface area (Å²) in [4.78, 5) is 0.315. The maximum Gasteiger partial charge on any atom is 0.240 e.